The number of carbonyl (C=O) groups is 1. The van der Waals surface area contributed by atoms with E-state index in [1.807, 2.05) is 26.0 Å². The highest BCUT2D eigenvalue weighted by molar-refractivity contribution is 5.92. The predicted molar refractivity (Wildman–Crippen MR) is 99.3 cm³/mol. The SMILES string of the molecule is COc1cc(/C=C/C(=O)NC(C)(C)CC(C)(C)C)cc2c1OCCO2. The van der Waals surface area contributed by atoms with Gasteiger partial charge in [0.1, 0.15) is 13.2 Å². The first kappa shape index (κ1) is 19.2. The Morgan fingerprint density at radius 3 is 2.52 bits per heavy atom. The van der Waals surface area contributed by atoms with Gasteiger partial charge in [0.05, 0.1) is 7.11 Å². The van der Waals surface area contributed by atoms with E-state index in [9.17, 15) is 4.79 Å². The smallest absolute Gasteiger partial charge is 0.244 e. The van der Waals surface area contributed by atoms with Crippen molar-refractivity contribution in [2.75, 3.05) is 20.3 Å². The third-order valence-corrected chi connectivity index (χ3v) is 3.71. The lowest BCUT2D eigenvalue weighted by atomic mass is 9.82. The van der Waals surface area contributed by atoms with Crippen LogP contribution >= 0.6 is 0 Å². The fourth-order valence-corrected chi connectivity index (χ4v) is 3.31. The molecular weight excluding hydrogens is 318 g/mol. The molecule has 0 unspecified atom stereocenters. The van der Waals surface area contributed by atoms with Crippen molar-refractivity contribution in [3.05, 3.63) is 23.8 Å². The van der Waals surface area contributed by atoms with E-state index < -0.39 is 0 Å². The summed E-state index contributed by atoms with van der Waals surface area (Å²) in [4.78, 5) is 12.3. The van der Waals surface area contributed by atoms with Crippen molar-refractivity contribution in [3.63, 3.8) is 0 Å². The second-order valence-corrected chi connectivity index (χ2v) is 8.19. The number of benzene rings is 1. The lowest BCUT2D eigenvalue weighted by Gasteiger charge is -2.32. The third-order valence-electron chi connectivity index (χ3n) is 3.71. The molecular formula is C20H29NO4. The first-order valence-corrected chi connectivity index (χ1v) is 8.57. The van der Waals surface area contributed by atoms with E-state index in [0.717, 1.165) is 12.0 Å². The van der Waals surface area contributed by atoms with Gasteiger partial charge in [0.15, 0.2) is 11.5 Å². The quantitative estimate of drug-likeness (QED) is 0.823. The van der Waals surface area contributed by atoms with Gasteiger partial charge in [0.25, 0.3) is 0 Å². The lowest BCUT2D eigenvalue weighted by molar-refractivity contribution is -0.118. The zero-order chi connectivity index (χ0) is 18.7. The fraction of sp³-hybridized carbons (Fsp3) is 0.550. The predicted octanol–water partition coefficient (Wildman–Crippen LogP) is 3.81. The Labute approximate surface area is 150 Å². The van der Waals surface area contributed by atoms with Crippen LogP contribution in [-0.2, 0) is 4.79 Å². The molecule has 1 aliphatic rings. The van der Waals surface area contributed by atoms with Crippen LogP contribution in [0.1, 0.15) is 46.6 Å². The molecule has 1 aromatic rings. The molecule has 138 valence electrons. The maximum absolute atomic E-state index is 12.3. The summed E-state index contributed by atoms with van der Waals surface area (Å²) in [6, 6.07) is 3.68. The van der Waals surface area contributed by atoms with Crippen LogP contribution in [-0.4, -0.2) is 31.8 Å². The summed E-state index contributed by atoms with van der Waals surface area (Å²) in [5.41, 5.74) is 0.693. The number of rotatable bonds is 5. The first-order valence-electron chi connectivity index (χ1n) is 8.57. The highest BCUT2D eigenvalue weighted by Crippen LogP contribution is 2.40. The van der Waals surface area contributed by atoms with Gasteiger partial charge in [-0.05, 0) is 49.5 Å². The monoisotopic (exact) mass is 347 g/mol. The summed E-state index contributed by atoms with van der Waals surface area (Å²) in [5, 5.41) is 3.06. The average Bonchev–Trinajstić information content (AvgIpc) is 2.49. The lowest BCUT2D eigenvalue weighted by Crippen LogP contribution is -2.45. The molecule has 0 saturated carbocycles. The van der Waals surface area contributed by atoms with E-state index in [1.54, 1.807) is 13.2 Å². The van der Waals surface area contributed by atoms with Gasteiger partial charge in [-0.2, -0.15) is 0 Å². The number of hydrogen-bond acceptors (Lipinski definition) is 4. The van der Waals surface area contributed by atoms with Crippen molar-refractivity contribution in [3.8, 4) is 17.2 Å². The van der Waals surface area contributed by atoms with Gasteiger partial charge >= 0.3 is 0 Å². The Kier molecular flexibility index (Phi) is 5.65. The molecule has 0 saturated heterocycles. The summed E-state index contributed by atoms with van der Waals surface area (Å²) in [5.74, 6) is 1.73. The van der Waals surface area contributed by atoms with Crippen LogP contribution in [0.15, 0.2) is 18.2 Å². The standard InChI is InChI=1S/C20H29NO4/c1-19(2,3)13-20(4,5)21-17(22)8-7-14-11-15(23-6)18-16(12-14)24-9-10-25-18/h7-8,11-12H,9-10,13H2,1-6H3,(H,21,22)/b8-7+. The minimum atomic E-state index is -0.274. The zero-order valence-electron chi connectivity index (χ0n) is 16.1. The van der Waals surface area contributed by atoms with Crippen molar-refractivity contribution >= 4 is 12.0 Å². The number of fused-ring (bicyclic) bond motifs is 1. The van der Waals surface area contributed by atoms with Crippen molar-refractivity contribution < 1.29 is 19.0 Å². The molecule has 0 aromatic heterocycles. The van der Waals surface area contributed by atoms with Crippen molar-refractivity contribution in [2.45, 2.75) is 46.6 Å². The van der Waals surface area contributed by atoms with Gasteiger partial charge in [0, 0.05) is 11.6 Å². The van der Waals surface area contributed by atoms with Crippen molar-refractivity contribution in [1.29, 1.82) is 0 Å². The molecule has 0 atom stereocenters. The highest BCUT2D eigenvalue weighted by Gasteiger charge is 2.26. The normalized spacial score (nSPS) is 14.5. The molecule has 5 heteroatoms. The molecule has 25 heavy (non-hydrogen) atoms. The molecule has 1 aliphatic heterocycles. The van der Waals surface area contributed by atoms with Gasteiger partial charge in [-0.1, -0.05) is 20.8 Å². The summed E-state index contributed by atoms with van der Waals surface area (Å²) >= 11 is 0. The van der Waals surface area contributed by atoms with E-state index in [4.69, 9.17) is 14.2 Å². The van der Waals surface area contributed by atoms with Gasteiger partial charge in [-0.3, -0.25) is 4.79 Å². The Morgan fingerprint density at radius 1 is 1.20 bits per heavy atom. The van der Waals surface area contributed by atoms with Gasteiger partial charge in [0.2, 0.25) is 11.7 Å². The van der Waals surface area contributed by atoms with Crippen LogP contribution in [0.3, 0.4) is 0 Å². The van der Waals surface area contributed by atoms with Gasteiger partial charge < -0.3 is 19.5 Å². The van der Waals surface area contributed by atoms with Crippen LogP contribution < -0.4 is 19.5 Å². The Bertz CT molecular complexity index is 639. The molecule has 0 aliphatic carbocycles. The minimum Gasteiger partial charge on any atom is -0.493 e. The molecule has 5 nitrogen and oxygen atoms in total. The van der Waals surface area contributed by atoms with E-state index in [1.165, 1.54) is 6.08 Å². The second kappa shape index (κ2) is 7.38. The molecule has 0 fully saturated rings. The van der Waals surface area contributed by atoms with Crippen LogP contribution in [0.2, 0.25) is 0 Å². The fourth-order valence-electron chi connectivity index (χ4n) is 3.31. The average molecular weight is 347 g/mol. The van der Waals surface area contributed by atoms with E-state index in [0.29, 0.717) is 30.5 Å². The van der Waals surface area contributed by atoms with Gasteiger partial charge in [-0.25, -0.2) is 0 Å². The zero-order valence-corrected chi connectivity index (χ0v) is 16.1. The van der Waals surface area contributed by atoms with E-state index >= 15 is 0 Å². The molecule has 0 spiro atoms. The summed E-state index contributed by atoms with van der Waals surface area (Å²) < 4.78 is 16.6. The molecule has 1 heterocycles. The number of amides is 1. The van der Waals surface area contributed by atoms with Crippen LogP contribution in [0.4, 0.5) is 0 Å². The topological polar surface area (TPSA) is 56.8 Å². The number of methoxy groups -OCH3 is 1. The number of ether oxygens (including phenoxy) is 3. The van der Waals surface area contributed by atoms with Crippen LogP contribution in [0.25, 0.3) is 6.08 Å². The van der Waals surface area contributed by atoms with E-state index in [-0.39, 0.29) is 16.9 Å². The number of hydrogen-bond donors (Lipinski definition) is 1. The number of carbonyl (C=O) groups excluding carboxylic acids is 1. The van der Waals surface area contributed by atoms with Crippen molar-refractivity contribution in [1.82, 2.24) is 5.32 Å². The summed E-state index contributed by atoms with van der Waals surface area (Å²) in [6.07, 6.45) is 4.18. The number of nitrogens with one attached hydrogen (secondary N) is 1. The van der Waals surface area contributed by atoms with Gasteiger partial charge in [-0.15, -0.1) is 0 Å². The second-order valence-electron chi connectivity index (χ2n) is 8.19. The molecule has 2 rings (SSSR count). The van der Waals surface area contributed by atoms with Crippen LogP contribution in [0.5, 0.6) is 17.2 Å². The Balaban J connectivity index is 2.09. The Hall–Kier alpha value is -2.17. The maximum atomic E-state index is 12.3. The molecule has 1 aromatic carbocycles. The highest BCUT2D eigenvalue weighted by atomic mass is 16.6. The summed E-state index contributed by atoms with van der Waals surface area (Å²) in [7, 11) is 1.59. The molecule has 1 N–H and O–H groups in total. The maximum Gasteiger partial charge on any atom is 0.244 e. The largest absolute Gasteiger partial charge is 0.493 e. The summed E-state index contributed by atoms with van der Waals surface area (Å²) in [6.45, 7) is 11.6. The Morgan fingerprint density at radius 2 is 1.88 bits per heavy atom. The molecule has 0 radical (unpaired) electrons. The molecule has 1 amide bonds. The molecule has 0 bridgehead atoms. The first-order chi connectivity index (χ1) is 11.6. The van der Waals surface area contributed by atoms with E-state index in [2.05, 4.69) is 26.1 Å². The van der Waals surface area contributed by atoms with Crippen LogP contribution in [0, 0.1) is 5.41 Å². The van der Waals surface area contributed by atoms with Crippen molar-refractivity contribution in [2.24, 2.45) is 5.41 Å². The minimum absolute atomic E-state index is 0.122. The third kappa shape index (κ3) is 5.69.